The fraction of sp³-hybridized carbons (Fsp3) is 0.0132. The first-order chi connectivity index (χ1) is 40.6. The third kappa shape index (κ3) is 7.68. The standard InChI is InChI=1S/C76H50N6/c1-49-22-8-9-31-58(49)54-42-43-72-66(46-54)63-36-14-19-41-71(63)82(72)73-64(52-27-20-29-56(44-52)80-67-37-15-10-32-59(67)60-33-11-16-38-68(60)80)47-55(76-78-74(50-23-4-2-5-24-50)77-75(79-76)51-25-6-3-7-26-51)48-65(73)53-28-21-30-57(45-53)81-69-39-17-12-34-61(69)62-35-13-18-40-70(62)81/h2-48H,1H3. The second kappa shape index (κ2) is 19.2. The first-order valence-electron chi connectivity index (χ1n) is 27.9. The maximum absolute atomic E-state index is 5.42. The molecule has 4 aromatic heterocycles. The van der Waals surface area contributed by atoms with Crippen LogP contribution in [0.15, 0.2) is 285 Å². The van der Waals surface area contributed by atoms with Gasteiger partial charge in [0.1, 0.15) is 0 Å². The van der Waals surface area contributed by atoms with Crippen LogP contribution < -0.4 is 0 Å². The number of benzene rings is 12. The van der Waals surface area contributed by atoms with Crippen LogP contribution in [0.5, 0.6) is 0 Å². The third-order valence-corrected chi connectivity index (χ3v) is 16.4. The number of fused-ring (bicyclic) bond motifs is 9. The Morgan fingerprint density at radius 2 is 0.585 bits per heavy atom. The van der Waals surface area contributed by atoms with Gasteiger partial charge in [-0.3, -0.25) is 0 Å². The number of nitrogens with zero attached hydrogens (tertiary/aromatic N) is 6. The van der Waals surface area contributed by atoms with Crippen molar-refractivity contribution in [3.05, 3.63) is 291 Å². The van der Waals surface area contributed by atoms with E-state index in [4.69, 9.17) is 15.0 Å². The third-order valence-electron chi connectivity index (χ3n) is 16.4. The lowest BCUT2D eigenvalue weighted by atomic mass is 9.92. The minimum Gasteiger partial charge on any atom is -0.309 e. The molecule has 0 radical (unpaired) electrons. The molecule has 0 unspecified atom stereocenters. The SMILES string of the molecule is Cc1ccccc1-c1ccc2c(c1)c1ccccc1n2-c1c(-c2cccc(-n3c4ccccc4c4ccccc43)c2)cc(-c2nc(-c3ccccc3)nc(-c3ccccc3)n2)cc1-c1cccc(-n2c3ccccc3c3ccccc32)c1. The van der Waals surface area contributed by atoms with Gasteiger partial charge < -0.3 is 13.7 Å². The summed E-state index contributed by atoms with van der Waals surface area (Å²) in [6, 6.07) is 103. The minimum absolute atomic E-state index is 0.573. The Bertz CT molecular complexity index is 4840. The summed E-state index contributed by atoms with van der Waals surface area (Å²) in [7, 11) is 0. The van der Waals surface area contributed by atoms with Gasteiger partial charge in [-0.15, -0.1) is 0 Å². The molecule has 82 heavy (non-hydrogen) atoms. The van der Waals surface area contributed by atoms with Crippen LogP contribution in [0.4, 0.5) is 0 Å². The Kier molecular flexibility index (Phi) is 11.0. The molecule has 0 aliphatic rings. The van der Waals surface area contributed by atoms with Gasteiger partial charge in [0.05, 0.1) is 38.8 Å². The maximum atomic E-state index is 5.42. The number of aromatic nitrogens is 6. The normalized spacial score (nSPS) is 11.7. The van der Waals surface area contributed by atoms with E-state index in [1.165, 1.54) is 49.0 Å². The zero-order valence-electron chi connectivity index (χ0n) is 44.8. The van der Waals surface area contributed by atoms with E-state index in [-0.39, 0.29) is 0 Å². The average Bonchev–Trinajstić information content (AvgIpc) is 4.40. The zero-order valence-corrected chi connectivity index (χ0v) is 44.8. The molecule has 0 saturated carbocycles. The molecule has 12 aromatic carbocycles. The Hall–Kier alpha value is -11.0. The monoisotopic (exact) mass is 1050 g/mol. The van der Waals surface area contributed by atoms with Gasteiger partial charge >= 0.3 is 0 Å². The number of rotatable bonds is 9. The summed E-state index contributed by atoms with van der Waals surface area (Å²) >= 11 is 0. The lowest BCUT2D eigenvalue weighted by Gasteiger charge is -2.22. The van der Waals surface area contributed by atoms with E-state index in [1.54, 1.807) is 0 Å². The molecule has 0 bridgehead atoms. The predicted molar refractivity (Wildman–Crippen MR) is 340 cm³/mol. The van der Waals surface area contributed by atoms with E-state index >= 15 is 0 Å². The molecule has 16 aromatic rings. The Balaban J connectivity index is 1.04. The second-order valence-electron chi connectivity index (χ2n) is 21.2. The van der Waals surface area contributed by atoms with Crippen LogP contribution in [0.25, 0.3) is 150 Å². The van der Waals surface area contributed by atoms with Crippen LogP contribution in [-0.2, 0) is 0 Å². The molecule has 0 aliphatic heterocycles. The zero-order chi connectivity index (χ0) is 54.3. The summed E-state index contributed by atoms with van der Waals surface area (Å²) in [4.78, 5) is 16.0. The van der Waals surface area contributed by atoms with Crippen LogP contribution in [0, 0.1) is 6.92 Å². The molecule has 0 N–H and O–H groups in total. The highest BCUT2D eigenvalue weighted by Crippen LogP contribution is 2.46. The van der Waals surface area contributed by atoms with E-state index in [1.807, 2.05) is 36.4 Å². The van der Waals surface area contributed by atoms with Crippen molar-refractivity contribution in [3.8, 4) is 84.6 Å². The van der Waals surface area contributed by atoms with Crippen molar-refractivity contribution in [2.45, 2.75) is 6.92 Å². The van der Waals surface area contributed by atoms with E-state index in [0.29, 0.717) is 17.5 Å². The lowest BCUT2D eigenvalue weighted by molar-refractivity contribution is 1.07. The van der Waals surface area contributed by atoms with Crippen molar-refractivity contribution in [2.75, 3.05) is 0 Å². The highest BCUT2D eigenvalue weighted by atomic mass is 15.0. The molecule has 6 nitrogen and oxygen atoms in total. The van der Waals surface area contributed by atoms with Crippen molar-refractivity contribution in [3.63, 3.8) is 0 Å². The lowest BCUT2D eigenvalue weighted by Crippen LogP contribution is -2.05. The molecule has 384 valence electrons. The molecule has 0 atom stereocenters. The number of hydrogen-bond donors (Lipinski definition) is 0. The van der Waals surface area contributed by atoms with Crippen molar-refractivity contribution < 1.29 is 0 Å². The molecular formula is C76H50N6. The van der Waals surface area contributed by atoms with E-state index < -0.39 is 0 Å². The van der Waals surface area contributed by atoms with Gasteiger partial charge in [0.2, 0.25) is 0 Å². The molecular weight excluding hydrogens is 997 g/mol. The topological polar surface area (TPSA) is 53.5 Å². The molecule has 6 heteroatoms. The van der Waals surface area contributed by atoms with Crippen molar-refractivity contribution in [1.82, 2.24) is 28.7 Å². The Labute approximate surface area is 473 Å². The van der Waals surface area contributed by atoms with Crippen LogP contribution >= 0.6 is 0 Å². The van der Waals surface area contributed by atoms with Gasteiger partial charge in [0, 0.05) is 71.5 Å². The van der Waals surface area contributed by atoms with Gasteiger partial charge in [-0.25, -0.2) is 15.0 Å². The smallest absolute Gasteiger partial charge is 0.164 e. The molecule has 16 rings (SSSR count). The summed E-state index contributed by atoms with van der Waals surface area (Å²) in [5.74, 6) is 1.78. The van der Waals surface area contributed by atoms with Gasteiger partial charge in [-0.1, -0.05) is 206 Å². The summed E-state index contributed by atoms with van der Waals surface area (Å²) in [5, 5.41) is 7.20. The first kappa shape index (κ1) is 47.1. The largest absolute Gasteiger partial charge is 0.309 e. The first-order valence-corrected chi connectivity index (χ1v) is 27.9. The van der Waals surface area contributed by atoms with Gasteiger partial charge in [-0.2, -0.15) is 0 Å². The number of hydrogen-bond acceptors (Lipinski definition) is 3. The summed E-state index contributed by atoms with van der Waals surface area (Å²) in [5.41, 5.74) is 20.4. The van der Waals surface area contributed by atoms with E-state index in [0.717, 1.165) is 89.1 Å². The van der Waals surface area contributed by atoms with Crippen molar-refractivity contribution >= 4 is 65.4 Å². The molecule has 0 saturated heterocycles. The van der Waals surface area contributed by atoms with E-state index in [9.17, 15) is 0 Å². The molecule has 0 fully saturated rings. The highest BCUT2D eigenvalue weighted by molar-refractivity contribution is 6.13. The molecule has 4 heterocycles. The molecule has 0 aliphatic carbocycles. The van der Waals surface area contributed by atoms with Crippen molar-refractivity contribution in [1.29, 1.82) is 0 Å². The van der Waals surface area contributed by atoms with Crippen LogP contribution in [0.3, 0.4) is 0 Å². The Morgan fingerprint density at radius 1 is 0.232 bits per heavy atom. The summed E-state index contributed by atoms with van der Waals surface area (Å²) in [6.45, 7) is 2.20. The van der Waals surface area contributed by atoms with Crippen LogP contribution in [0.1, 0.15) is 5.56 Å². The van der Waals surface area contributed by atoms with Crippen LogP contribution in [0.2, 0.25) is 0 Å². The average molecular weight is 1050 g/mol. The van der Waals surface area contributed by atoms with Gasteiger partial charge in [0.15, 0.2) is 17.5 Å². The van der Waals surface area contributed by atoms with Gasteiger partial charge in [0.25, 0.3) is 0 Å². The second-order valence-corrected chi connectivity index (χ2v) is 21.2. The quantitative estimate of drug-likeness (QED) is 0.145. The number of para-hydroxylation sites is 5. The van der Waals surface area contributed by atoms with E-state index in [2.05, 4.69) is 269 Å². The molecule has 0 spiro atoms. The van der Waals surface area contributed by atoms with Gasteiger partial charge in [-0.05, 0) is 114 Å². The fourth-order valence-electron chi connectivity index (χ4n) is 12.7. The minimum atomic E-state index is 0.573. The van der Waals surface area contributed by atoms with Crippen molar-refractivity contribution in [2.24, 2.45) is 0 Å². The fourth-order valence-corrected chi connectivity index (χ4v) is 12.7. The summed E-state index contributed by atoms with van der Waals surface area (Å²) in [6.07, 6.45) is 0. The number of aryl methyl sites for hydroxylation is 1. The predicted octanol–water partition coefficient (Wildman–Crippen LogP) is 19.5. The molecule has 0 amide bonds. The highest BCUT2D eigenvalue weighted by Gasteiger charge is 2.25. The maximum Gasteiger partial charge on any atom is 0.164 e. The Morgan fingerprint density at radius 3 is 1.05 bits per heavy atom. The summed E-state index contributed by atoms with van der Waals surface area (Å²) < 4.78 is 7.33. The van der Waals surface area contributed by atoms with Crippen LogP contribution in [-0.4, -0.2) is 28.7 Å².